The van der Waals surface area contributed by atoms with E-state index >= 15 is 0 Å². The Balaban J connectivity index is 1.66. The van der Waals surface area contributed by atoms with Crippen LogP contribution < -0.4 is 19.6 Å². The monoisotopic (exact) mass is 585 g/mol. The van der Waals surface area contributed by atoms with Gasteiger partial charge in [0.2, 0.25) is 0 Å². The van der Waals surface area contributed by atoms with Crippen LogP contribution in [0.4, 0.5) is 0 Å². The van der Waals surface area contributed by atoms with Crippen molar-refractivity contribution in [1.82, 2.24) is 9.13 Å². The van der Waals surface area contributed by atoms with Crippen LogP contribution in [0.25, 0.3) is 11.8 Å². The summed E-state index contributed by atoms with van der Waals surface area (Å²) in [7, 11) is 2.94. The summed E-state index contributed by atoms with van der Waals surface area (Å²) in [6.45, 7) is 7.64. The number of methoxy groups -OCH3 is 2. The highest BCUT2D eigenvalue weighted by Crippen LogP contribution is 2.31. The summed E-state index contributed by atoms with van der Waals surface area (Å²) in [4.78, 5) is 44.4. The molecule has 0 unspecified atom stereocenters. The number of carbonyl (C=O) groups excluding carboxylic acids is 2. The zero-order chi connectivity index (χ0) is 30.1. The molecule has 2 aromatic heterocycles. The minimum atomic E-state index is -0.707. The molecule has 1 aliphatic heterocycles. The predicted molar refractivity (Wildman–Crippen MR) is 160 cm³/mol. The maximum Gasteiger partial charge on any atom is 0.338 e. The molecule has 0 radical (unpaired) electrons. The first kappa shape index (κ1) is 28.8. The SMILES string of the molecule is CCOC(=O)C1=C(C)N=c2sc(=Cc3cc(C)n(-c4cccc(C(=O)OC)c4)c3C)c(=O)n2[C@H]1c1ccc(OC)cc1. The Kier molecular flexibility index (Phi) is 8.00. The molecule has 0 bridgehead atoms. The Labute approximate surface area is 246 Å². The van der Waals surface area contributed by atoms with Gasteiger partial charge in [-0.25, -0.2) is 14.6 Å². The minimum absolute atomic E-state index is 0.202. The molecule has 1 aliphatic rings. The van der Waals surface area contributed by atoms with Crippen LogP contribution in [0, 0.1) is 13.8 Å². The standard InChI is InChI=1S/C32H31N3O6S/c1-7-41-31(38)27-19(3)33-32-35(28(27)21-11-13-25(39-5)14-12-21)29(36)26(42-32)17-23-15-18(2)34(20(23)4)24-10-8-9-22(16-24)30(37)40-6/h8-17,28H,7H2,1-6H3/t28-/m0/s1. The molecule has 0 N–H and O–H groups in total. The van der Waals surface area contributed by atoms with E-state index in [1.807, 2.05) is 48.8 Å². The van der Waals surface area contributed by atoms with Crippen molar-refractivity contribution in [2.45, 2.75) is 33.7 Å². The van der Waals surface area contributed by atoms with Crippen LogP contribution >= 0.6 is 11.3 Å². The summed E-state index contributed by atoms with van der Waals surface area (Å²) in [5.74, 6) is -0.256. The van der Waals surface area contributed by atoms with E-state index < -0.39 is 18.0 Å². The second kappa shape index (κ2) is 11.7. The fraction of sp³-hybridized carbons (Fsp3) is 0.250. The van der Waals surface area contributed by atoms with Crippen LogP contribution in [0.2, 0.25) is 0 Å². The minimum Gasteiger partial charge on any atom is -0.497 e. The molecular formula is C32H31N3O6S. The zero-order valence-corrected chi connectivity index (χ0v) is 25.1. The molecule has 2 aromatic carbocycles. The van der Waals surface area contributed by atoms with Gasteiger partial charge in [-0.1, -0.05) is 29.5 Å². The summed E-state index contributed by atoms with van der Waals surface area (Å²) >= 11 is 1.27. The number of ether oxygens (including phenoxy) is 3. The Bertz CT molecular complexity index is 1910. The van der Waals surface area contributed by atoms with Crippen LogP contribution in [-0.2, 0) is 14.3 Å². The summed E-state index contributed by atoms with van der Waals surface area (Å²) in [6.07, 6.45) is 1.85. The van der Waals surface area contributed by atoms with E-state index in [0.717, 1.165) is 28.2 Å². The quantitative estimate of drug-likeness (QED) is 0.304. The second-order valence-corrected chi connectivity index (χ2v) is 10.8. The molecule has 4 aromatic rings. The van der Waals surface area contributed by atoms with E-state index in [2.05, 4.69) is 4.99 Å². The van der Waals surface area contributed by atoms with Crippen LogP contribution in [0.1, 0.15) is 52.8 Å². The highest BCUT2D eigenvalue weighted by Gasteiger charge is 2.33. The van der Waals surface area contributed by atoms with Gasteiger partial charge in [0, 0.05) is 17.1 Å². The zero-order valence-electron chi connectivity index (χ0n) is 24.3. The van der Waals surface area contributed by atoms with Gasteiger partial charge in [0.05, 0.1) is 48.2 Å². The lowest BCUT2D eigenvalue weighted by atomic mass is 9.96. The van der Waals surface area contributed by atoms with Crippen molar-refractivity contribution in [2.24, 2.45) is 4.99 Å². The molecule has 0 saturated heterocycles. The number of allylic oxidation sites excluding steroid dienone is 1. The molecule has 3 heterocycles. The topological polar surface area (TPSA) is 101 Å². The Morgan fingerprint density at radius 2 is 1.76 bits per heavy atom. The molecule has 0 spiro atoms. The molecule has 42 heavy (non-hydrogen) atoms. The average Bonchev–Trinajstić information content (AvgIpc) is 3.45. The summed E-state index contributed by atoms with van der Waals surface area (Å²) < 4.78 is 19.6. The van der Waals surface area contributed by atoms with Gasteiger partial charge in [0.1, 0.15) is 5.75 Å². The number of rotatable bonds is 7. The van der Waals surface area contributed by atoms with Crippen molar-refractivity contribution in [1.29, 1.82) is 0 Å². The number of hydrogen-bond acceptors (Lipinski definition) is 8. The number of nitrogens with zero attached hydrogens (tertiary/aromatic N) is 3. The molecular weight excluding hydrogens is 554 g/mol. The largest absolute Gasteiger partial charge is 0.497 e. The van der Waals surface area contributed by atoms with Gasteiger partial charge in [0.25, 0.3) is 5.56 Å². The number of hydrogen-bond donors (Lipinski definition) is 0. The first-order valence-corrected chi connectivity index (χ1v) is 14.2. The third kappa shape index (κ3) is 5.09. The second-order valence-electron chi connectivity index (χ2n) is 9.78. The van der Waals surface area contributed by atoms with E-state index in [1.165, 1.54) is 18.4 Å². The molecule has 0 amide bonds. The normalized spacial score (nSPS) is 14.8. The number of benzene rings is 2. The molecule has 9 nitrogen and oxygen atoms in total. The maximum absolute atomic E-state index is 14.0. The van der Waals surface area contributed by atoms with Crippen molar-refractivity contribution in [3.63, 3.8) is 0 Å². The molecule has 216 valence electrons. The predicted octanol–water partition coefficient (Wildman–Crippen LogP) is 4.00. The van der Waals surface area contributed by atoms with Gasteiger partial charge in [-0.3, -0.25) is 9.36 Å². The lowest BCUT2D eigenvalue weighted by Crippen LogP contribution is -2.39. The third-order valence-corrected chi connectivity index (χ3v) is 8.21. The van der Waals surface area contributed by atoms with Crippen LogP contribution in [-0.4, -0.2) is 41.9 Å². The third-order valence-electron chi connectivity index (χ3n) is 7.23. The molecule has 5 rings (SSSR count). The molecule has 0 fully saturated rings. The number of aryl methyl sites for hydroxylation is 1. The van der Waals surface area contributed by atoms with Gasteiger partial charge >= 0.3 is 11.9 Å². The summed E-state index contributed by atoms with van der Waals surface area (Å²) in [5, 5.41) is 0. The van der Waals surface area contributed by atoms with Crippen LogP contribution in [0.3, 0.4) is 0 Å². The van der Waals surface area contributed by atoms with Gasteiger partial charge in [0.15, 0.2) is 4.80 Å². The number of fused-ring (bicyclic) bond motifs is 1. The summed E-state index contributed by atoms with van der Waals surface area (Å²) in [6, 6.07) is 15.8. The van der Waals surface area contributed by atoms with Crippen molar-refractivity contribution in [3.8, 4) is 11.4 Å². The van der Waals surface area contributed by atoms with E-state index in [0.29, 0.717) is 31.9 Å². The first-order valence-electron chi connectivity index (χ1n) is 13.4. The van der Waals surface area contributed by atoms with E-state index in [-0.39, 0.29) is 12.2 Å². The summed E-state index contributed by atoms with van der Waals surface area (Å²) in [5.41, 5.74) is 5.25. The maximum atomic E-state index is 14.0. The van der Waals surface area contributed by atoms with Crippen LogP contribution in [0.15, 0.2) is 75.7 Å². The lowest BCUT2D eigenvalue weighted by Gasteiger charge is -2.24. The highest BCUT2D eigenvalue weighted by molar-refractivity contribution is 7.07. The van der Waals surface area contributed by atoms with Crippen LogP contribution in [0.5, 0.6) is 5.75 Å². The van der Waals surface area contributed by atoms with Gasteiger partial charge in [-0.15, -0.1) is 0 Å². The highest BCUT2D eigenvalue weighted by atomic mass is 32.1. The molecule has 0 aliphatic carbocycles. The number of carbonyl (C=O) groups is 2. The van der Waals surface area contributed by atoms with E-state index in [9.17, 15) is 14.4 Å². The number of thiazole rings is 1. The Morgan fingerprint density at radius 3 is 2.43 bits per heavy atom. The fourth-order valence-corrected chi connectivity index (χ4v) is 6.29. The Morgan fingerprint density at radius 1 is 1.02 bits per heavy atom. The smallest absolute Gasteiger partial charge is 0.338 e. The molecule has 0 saturated carbocycles. The van der Waals surface area contributed by atoms with Crippen molar-refractivity contribution < 1.29 is 23.8 Å². The molecule has 10 heteroatoms. The van der Waals surface area contributed by atoms with Crippen molar-refractivity contribution in [3.05, 3.63) is 114 Å². The average molecular weight is 586 g/mol. The number of aromatic nitrogens is 2. The Hall–Kier alpha value is -4.70. The van der Waals surface area contributed by atoms with E-state index in [1.54, 1.807) is 55.9 Å². The molecule has 1 atom stereocenters. The van der Waals surface area contributed by atoms with Gasteiger partial charge in [-0.2, -0.15) is 0 Å². The lowest BCUT2D eigenvalue weighted by molar-refractivity contribution is -0.139. The van der Waals surface area contributed by atoms with Gasteiger partial charge < -0.3 is 18.8 Å². The fourth-order valence-electron chi connectivity index (χ4n) is 5.26. The van der Waals surface area contributed by atoms with E-state index in [4.69, 9.17) is 14.2 Å². The first-order chi connectivity index (χ1) is 20.2. The van der Waals surface area contributed by atoms with Crippen molar-refractivity contribution >= 4 is 29.4 Å². The van der Waals surface area contributed by atoms with Gasteiger partial charge in [-0.05, 0) is 81.3 Å². The van der Waals surface area contributed by atoms with Crippen molar-refractivity contribution in [2.75, 3.05) is 20.8 Å². The number of esters is 2.